The summed E-state index contributed by atoms with van der Waals surface area (Å²) in [4.78, 5) is 23.0. The third kappa shape index (κ3) is 2.12. The molecular formula is C11H10BrNO4. The number of carboxylic acid groups (broad SMARTS) is 2. The second-order valence-corrected chi connectivity index (χ2v) is 4.70. The van der Waals surface area contributed by atoms with Crippen LogP contribution in [0.15, 0.2) is 22.7 Å². The highest BCUT2D eigenvalue weighted by Crippen LogP contribution is 2.29. The molecule has 1 amide bonds. The van der Waals surface area contributed by atoms with E-state index in [1.54, 1.807) is 0 Å². The lowest BCUT2D eigenvalue weighted by Gasteiger charge is -2.32. The van der Waals surface area contributed by atoms with Crippen molar-refractivity contribution in [3.05, 3.63) is 33.8 Å². The summed E-state index contributed by atoms with van der Waals surface area (Å²) in [5, 5.41) is 18.1. The SMILES string of the molecule is O=C(O)C1Cc2c(Br)cccc2CN1C(=O)O. The van der Waals surface area contributed by atoms with E-state index in [9.17, 15) is 9.59 Å². The van der Waals surface area contributed by atoms with Gasteiger partial charge in [0.1, 0.15) is 6.04 Å². The Morgan fingerprint density at radius 2 is 2.06 bits per heavy atom. The molecule has 1 aliphatic rings. The molecule has 0 radical (unpaired) electrons. The summed E-state index contributed by atoms with van der Waals surface area (Å²) in [6, 6.07) is 4.44. The smallest absolute Gasteiger partial charge is 0.408 e. The molecule has 1 unspecified atom stereocenters. The molecule has 0 aromatic heterocycles. The Morgan fingerprint density at radius 1 is 1.35 bits per heavy atom. The normalized spacial score (nSPS) is 18.6. The fraction of sp³-hybridized carbons (Fsp3) is 0.273. The van der Waals surface area contributed by atoms with Gasteiger partial charge in [-0.3, -0.25) is 4.90 Å². The van der Waals surface area contributed by atoms with Crippen LogP contribution in [0.25, 0.3) is 0 Å². The molecule has 6 heteroatoms. The number of aliphatic carboxylic acids is 1. The number of amides is 1. The number of rotatable bonds is 1. The molecule has 0 fully saturated rings. The Balaban J connectivity index is 2.43. The molecule has 1 aliphatic heterocycles. The van der Waals surface area contributed by atoms with Crippen molar-refractivity contribution in [2.24, 2.45) is 0 Å². The average Bonchev–Trinajstić information content (AvgIpc) is 2.27. The number of benzene rings is 1. The lowest BCUT2D eigenvalue weighted by Crippen LogP contribution is -2.48. The summed E-state index contributed by atoms with van der Waals surface area (Å²) in [5.74, 6) is -1.12. The number of carboxylic acids is 1. The minimum Gasteiger partial charge on any atom is -0.480 e. The zero-order valence-electron chi connectivity index (χ0n) is 8.76. The molecule has 0 saturated carbocycles. The topological polar surface area (TPSA) is 77.8 Å². The van der Waals surface area contributed by atoms with Crippen LogP contribution in [0.2, 0.25) is 0 Å². The molecule has 90 valence electrons. The van der Waals surface area contributed by atoms with Crippen molar-refractivity contribution in [1.82, 2.24) is 4.90 Å². The minimum atomic E-state index is -1.21. The highest BCUT2D eigenvalue weighted by Gasteiger charge is 2.35. The summed E-state index contributed by atoms with van der Waals surface area (Å²) < 4.78 is 0.825. The molecule has 0 aliphatic carbocycles. The number of halogens is 1. The van der Waals surface area contributed by atoms with Gasteiger partial charge in [-0.1, -0.05) is 28.1 Å². The van der Waals surface area contributed by atoms with Crippen LogP contribution in [0.5, 0.6) is 0 Å². The van der Waals surface area contributed by atoms with Gasteiger partial charge in [0, 0.05) is 10.9 Å². The highest BCUT2D eigenvalue weighted by molar-refractivity contribution is 9.10. The van der Waals surface area contributed by atoms with Crippen LogP contribution in [0.4, 0.5) is 4.79 Å². The molecule has 1 aromatic rings. The number of carbonyl (C=O) groups is 2. The number of hydrogen-bond donors (Lipinski definition) is 2. The quantitative estimate of drug-likeness (QED) is 0.831. The van der Waals surface area contributed by atoms with E-state index in [4.69, 9.17) is 10.2 Å². The standard InChI is InChI=1S/C11H10BrNO4/c12-8-3-1-2-6-5-13(11(16)17)9(10(14)15)4-7(6)8/h1-3,9H,4-5H2,(H,14,15)(H,16,17). The lowest BCUT2D eigenvalue weighted by molar-refractivity contribution is -0.143. The first-order chi connectivity index (χ1) is 8.00. The predicted molar refractivity (Wildman–Crippen MR) is 62.8 cm³/mol. The van der Waals surface area contributed by atoms with E-state index in [1.807, 2.05) is 18.2 Å². The summed E-state index contributed by atoms with van der Waals surface area (Å²) in [7, 11) is 0. The second kappa shape index (κ2) is 4.37. The number of hydrogen-bond acceptors (Lipinski definition) is 2. The maximum absolute atomic E-state index is 11.1. The molecule has 17 heavy (non-hydrogen) atoms. The van der Waals surface area contributed by atoms with Crippen molar-refractivity contribution >= 4 is 28.0 Å². The van der Waals surface area contributed by atoms with Crippen LogP contribution in [0, 0.1) is 0 Å². The molecule has 2 N–H and O–H groups in total. The summed E-state index contributed by atoms with van der Waals surface area (Å²) >= 11 is 3.36. The van der Waals surface area contributed by atoms with Gasteiger partial charge in [-0.25, -0.2) is 9.59 Å². The van der Waals surface area contributed by atoms with Gasteiger partial charge in [0.15, 0.2) is 0 Å². The Hall–Kier alpha value is -1.56. The second-order valence-electron chi connectivity index (χ2n) is 3.85. The largest absolute Gasteiger partial charge is 0.480 e. The monoisotopic (exact) mass is 299 g/mol. The third-order valence-electron chi connectivity index (χ3n) is 2.86. The Labute approximate surface area is 106 Å². The van der Waals surface area contributed by atoms with Crippen molar-refractivity contribution in [3.63, 3.8) is 0 Å². The van der Waals surface area contributed by atoms with Crippen LogP contribution in [-0.2, 0) is 17.8 Å². The fourth-order valence-corrected chi connectivity index (χ4v) is 2.57. The molecule has 1 heterocycles. The number of nitrogens with zero attached hydrogens (tertiary/aromatic N) is 1. The molecular weight excluding hydrogens is 290 g/mol. The van der Waals surface area contributed by atoms with E-state index in [1.165, 1.54) is 0 Å². The Bertz CT molecular complexity index is 488. The van der Waals surface area contributed by atoms with Crippen molar-refractivity contribution in [2.45, 2.75) is 19.0 Å². The van der Waals surface area contributed by atoms with Crippen LogP contribution < -0.4 is 0 Å². The first-order valence-electron chi connectivity index (χ1n) is 4.99. The zero-order chi connectivity index (χ0) is 12.6. The predicted octanol–water partition coefficient (Wildman–Crippen LogP) is 1.94. The lowest BCUT2D eigenvalue weighted by atomic mass is 9.94. The average molecular weight is 300 g/mol. The maximum Gasteiger partial charge on any atom is 0.408 e. The van der Waals surface area contributed by atoms with E-state index in [2.05, 4.69) is 15.9 Å². The Morgan fingerprint density at radius 3 is 2.65 bits per heavy atom. The van der Waals surface area contributed by atoms with Crippen molar-refractivity contribution < 1.29 is 19.8 Å². The molecule has 5 nitrogen and oxygen atoms in total. The van der Waals surface area contributed by atoms with E-state index in [-0.39, 0.29) is 13.0 Å². The van der Waals surface area contributed by atoms with E-state index >= 15 is 0 Å². The third-order valence-corrected chi connectivity index (χ3v) is 3.60. The van der Waals surface area contributed by atoms with Gasteiger partial charge in [0.2, 0.25) is 0 Å². The van der Waals surface area contributed by atoms with Gasteiger partial charge in [0.05, 0.1) is 6.54 Å². The molecule has 0 spiro atoms. The van der Waals surface area contributed by atoms with Gasteiger partial charge in [-0.05, 0) is 17.2 Å². The fourth-order valence-electron chi connectivity index (χ4n) is 2.00. The summed E-state index contributed by atoms with van der Waals surface area (Å²) in [6.07, 6.45) is -1.01. The molecule has 1 aromatic carbocycles. The van der Waals surface area contributed by atoms with Crippen LogP contribution in [0.1, 0.15) is 11.1 Å². The van der Waals surface area contributed by atoms with E-state index < -0.39 is 18.1 Å². The first kappa shape index (κ1) is 11.9. The van der Waals surface area contributed by atoms with E-state index in [0.717, 1.165) is 20.5 Å². The van der Waals surface area contributed by atoms with Crippen molar-refractivity contribution in [1.29, 1.82) is 0 Å². The van der Waals surface area contributed by atoms with Crippen LogP contribution in [0.3, 0.4) is 0 Å². The maximum atomic E-state index is 11.1. The minimum absolute atomic E-state index is 0.112. The summed E-state index contributed by atoms with van der Waals surface area (Å²) in [5.41, 5.74) is 1.72. The Kier molecular flexibility index (Phi) is 3.06. The van der Waals surface area contributed by atoms with Crippen molar-refractivity contribution in [3.8, 4) is 0 Å². The van der Waals surface area contributed by atoms with Gasteiger partial charge in [-0.15, -0.1) is 0 Å². The van der Waals surface area contributed by atoms with Crippen molar-refractivity contribution in [2.75, 3.05) is 0 Å². The summed E-state index contributed by atoms with van der Waals surface area (Å²) in [6.45, 7) is 0.112. The molecule has 2 rings (SSSR count). The molecule has 1 atom stereocenters. The van der Waals surface area contributed by atoms with Gasteiger partial charge < -0.3 is 10.2 Å². The first-order valence-corrected chi connectivity index (χ1v) is 5.78. The van der Waals surface area contributed by atoms with Gasteiger partial charge in [0.25, 0.3) is 0 Å². The van der Waals surface area contributed by atoms with Gasteiger partial charge in [-0.2, -0.15) is 0 Å². The molecule has 0 saturated heterocycles. The number of fused-ring (bicyclic) bond motifs is 1. The molecule has 0 bridgehead atoms. The van der Waals surface area contributed by atoms with Crippen LogP contribution >= 0.6 is 15.9 Å². The zero-order valence-corrected chi connectivity index (χ0v) is 10.3. The van der Waals surface area contributed by atoms with Gasteiger partial charge >= 0.3 is 12.1 Å². The van der Waals surface area contributed by atoms with Crippen LogP contribution in [-0.4, -0.2) is 33.2 Å². The highest BCUT2D eigenvalue weighted by atomic mass is 79.9. The van der Waals surface area contributed by atoms with E-state index in [0.29, 0.717) is 0 Å².